The molecule has 3 N–H and O–H groups in total. The second-order valence-electron chi connectivity index (χ2n) is 9.52. The number of hydrogen-bond acceptors (Lipinski definition) is 8. The summed E-state index contributed by atoms with van der Waals surface area (Å²) < 4.78 is 22.9. The fraction of sp³-hybridized carbons (Fsp3) is 0.321. The lowest BCUT2D eigenvalue weighted by molar-refractivity contribution is -0.142. The second kappa shape index (κ2) is 10.3. The van der Waals surface area contributed by atoms with E-state index < -0.39 is 6.10 Å². The van der Waals surface area contributed by atoms with Crippen LogP contribution in [-0.4, -0.2) is 53.6 Å². The Hall–Kier alpha value is -4.15. The second-order valence-corrected chi connectivity index (χ2v) is 9.52. The summed E-state index contributed by atoms with van der Waals surface area (Å²) in [5.41, 5.74) is 2.90. The highest BCUT2D eigenvalue weighted by Gasteiger charge is 2.46. The third-order valence-electron chi connectivity index (χ3n) is 7.02. The Bertz CT molecular complexity index is 1350. The van der Waals surface area contributed by atoms with Crippen molar-refractivity contribution in [3.63, 3.8) is 0 Å². The number of aliphatic hydroxyl groups excluding tert-OH is 1. The smallest absolute Gasteiger partial charge is 0.255 e. The molecular weight excluding hydrogens is 490 g/mol. The molecule has 0 radical (unpaired) electrons. The van der Waals surface area contributed by atoms with E-state index >= 15 is 0 Å². The van der Waals surface area contributed by atoms with E-state index in [1.807, 2.05) is 24.3 Å². The first-order valence-corrected chi connectivity index (χ1v) is 12.5. The van der Waals surface area contributed by atoms with Gasteiger partial charge in [-0.25, -0.2) is 0 Å². The molecule has 0 aliphatic carbocycles. The van der Waals surface area contributed by atoms with Crippen LogP contribution < -0.4 is 24.8 Å². The molecule has 0 saturated carbocycles. The Kier molecular flexibility index (Phi) is 6.57. The summed E-state index contributed by atoms with van der Waals surface area (Å²) in [6, 6.07) is 14.2. The van der Waals surface area contributed by atoms with Crippen LogP contribution in [0.3, 0.4) is 0 Å². The summed E-state index contributed by atoms with van der Waals surface area (Å²) >= 11 is 0. The van der Waals surface area contributed by atoms with Crippen molar-refractivity contribution in [1.29, 1.82) is 0 Å². The normalized spacial score (nSPS) is 22.7. The van der Waals surface area contributed by atoms with Crippen LogP contribution in [-0.2, 0) is 16.1 Å². The molecule has 0 spiro atoms. The summed E-state index contributed by atoms with van der Waals surface area (Å²) in [6.07, 6.45) is 2.78. The number of ether oxygens (including phenoxy) is 4. The maximum Gasteiger partial charge on any atom is 0.255 e. The summed E-state index contributed by atoms with van der Waals surface area (Å²) in [5.74, 6) is 1.33. The molecule has 10 heteroatoms. The van der Waals surface area contributed by atoms with E-state index in [9.17, 15) is 14.7 Å². The summed E-state index contributed by atoms with van der Waals surface area (Å²) in [4.78, 5) is 29.6. The number of fused-ring (bicyclic) bond motifs is 4. The number of rotatable bonds is 7. The van der Waals surface area contributed by atoms with E-state index in [2.05, 4.69) is 15.6 Å². The maximum absolute atomic E-state index is 12.9. The molecule has 4 atom stereocenters. The van der Waals surface area contributed by atoms with Crippen molar-refractivity contribution in [2.75, 3.05) is 18.7 Å². The number of amides is 2. The number of aromatic nitrogens is 1. The molecular formula is C28H27N3O7. The van der Waals surface area contributed by atoms with E-state index in [0.29, 0.717) is 41.5 Å². The van der Waals surface area contributed by atoms with Crippen LogP contribution in [0.15, 0.2) is 60.9 Å². The molecule has 38 heavy (non-hydrogen) atoms. The summed E-state index contributed by atoms with van der Waals surface area (Å²) in [5, 5.41) is 15.8. The third kappa shape index (κ3) is 4.88. The lowest BCUT2D eigenvalue weighted by Crippen LogP contribution is -2.47. The Balaban J connectivity index is 1.13. The van der Waals surface area contributed by atoms with Crippen molar-refractivity contribution in [2.24, 2.45) is 0 Å². The van der Waals surface area contributed by atoms with Gasteiger partial charge in [-0.15, -0.1) is 0 Å². The first kappa shape index (κ1) is 24.2. The molecule has 0 bridgehead atoms. The predicted octanol–water partition coefficient (Wildman–Crippen LogP) is 2.76. The molecule has 10 nitrogen and oxygen atoms in total. The molecule has 3 aliphatic rings. The standard InChI is InChI=1S/C28H27N3O7/c32-14-25-27-21(10-19(37-25)11-26(33)30-13-16-2-1-7-29-12-16)20-9-18(4-6-22(20)38-27)31-28(34)17-3-5-23-24(8-17)36-15-35-23/h1-9,12,19,21,25,27,32H,10-11,13-15H2,(H,30,33)(H,31,34)/t19-,21+,25-,27-/m0/s1. The van der Waals surface area contributed by atoms with Gasteiger partial charge < -0.3 is 34.7 Å². The fourth-order valence-corrected chi connectivity index (χ4v) is 5.19. The van der Waals surface area contributed by atoms with Crippen LogP contribution in [0.4, 0.5) is 5.69 Å². The maximum atomic E-state index is 12.9. The van der Waals surface area contributed by atoms with E-state index in [-0.39, 0.29) is 49.8 Å². The third-order valence-corrected chi connectivity index (χ3v) is 7.02. The number of nitrogens with one attached hydrogen (secondary N) is 2. The van der Waals surface area contributed by atoms with Crippen molar-refractivity contribution >= 4 is 17.5 Å². The zero-order chi connectivity index (χ0) is 26.1. The first-order valence-electron chi connectivity index (χ1n) is 12.5. The zero-order valence-corrected chi connectivity index (χ0v) is 20.5. The Morgan fingerprint density at radius 3 is 2.76 bits per heavy atom. The number of hydrogen-bond donors (Lipinski definition) is 3. The molecule has 1 aromatic heterocycles. The van der Waals surface area contributed by atoms with Crippen LogP contribution in [0.2, 0.25) is 0 Å². The minimum atomic E-state index is -0.566. The van der Waals surface area contributed by atoms with E-state index in [4.69, 9.17) is 18.9 Å². The number of benzene rings is 2. The average Bonchev–Trinajstić information content (AvgIpc) is 3.56. The van der Waals surface area contributed by atoms with Crippen LogP contribution in [0.1, 0.15) is 40.2 Å². The van der Waals surface area contributed by atoms with Gasteiger partial charge in [-0.3, -0.25) is 14.6 Å². The minimum absolute atomic E-state index is 0.0885. The fourth-order valence-electron chi connectivity index (χ4n) is 5.19. The number of pyridine rings is 1. The number of carbonyl (C=O) groups excluding carboxylic acids is 2. The zero-order valence-electron chi connectivity index (χ0n) is 20.5. The molecule has 2 amide bonds. The number of anilines is 1. The number of aliphatic hydroxyl groups is 1. The van der Waals surface area contributed by atoms with Gasteiger partial charge in [0, 0.05) is 41.7 Å². The first-order chi connectivity index (χ1) is 18.6. The average molecular weight is 518 g/mol. The molecule has 3 aliphatic heterocycles. The van der Waals surface area contributed by atoms with Crippen molar-refractivity contribution in [3.8, 4) is 17.2 Å². The predicted molar refractivity (Wildman–Crippen MR) is 135 cm³/mol. The van der Waals surface area contributed by atoms with Crippen molar-refractivity contribution in [3.05, 3.63) is 77.6 Å². The summed E-state index contributed by atoms with van der Waals surface area (Å²) in [6.45, 7) is 0.295. The van der Waals surface area contributed by atoms with Gasteiger partial charge in [0.25, 0.3) is 5.91 Å². The van der Waals surface area contributed by atoms with Crippen LogP contribution >= 0.6 is 0 Å². The number of carbonyl (C=O) groups is 2. The largest absolute Gasteiger partial charge is 0.487 e. The molecule has 4 heterocycles. The van der Waals surface area contributed by atoms with E-state index in [1.165, 1.54) is 0 Å². The molecule has 196 valence electrons. The van der Waals surface area contributed by atoms with Crippen molar-refractivity contribution in [1.82, 2.24) is 10.3 Å². The topological polar surface area (TPSA) is 128 Å². The molecule has 3 aromatic rings. The van der Waals surface area contributed by atoms with Gasteiger partial charge in [0.2, 0.25) is 12.7 Å². The molecule has 1 saturated heterocycles. The van der Waals surface area contributed by atoms with Gasteiger partial charge in [0.1, 0.15) is 18.0 Å². The highest BCUT2D eigenvalue weighted by molar-refractivity contribution is 6.04. The van der Waals surface area contributed by atoms with Gasteiger partial charge in [0.15, 0.2) is 11.5 Å². The molecule has 1 fully saturated rings. The van der Waals surface area contributed by atoms with E-state index in [0.717, 1.165) is 11.1 Å². The van der Waals surface area contributed by atoms with Crippen LogP contribution in [0.25, 0.3) is 0 Å². The van der Waals surface area contributed by atoms with Gasteiger partial charge in [-0.1, -0.05) is 6.07 Å². The van der Waals surface area contributed by atoms with Gasteiger partial charge in [-0.05, 0) is 54.4 Å². The molecule has 6 rings (SSSR count). The van der Waals surface area contributed by atoms with Gasteiger partial charge in [0.05, 0.1) is 19.1 Å². The van der Waals surface area contributed by atoms with Crippen molar-refractivity contribution < 1.29 is 33.6 Å². The Morgan fingerprint density at radius 1 is 1.05 bits per heavy atom. The van der Waals surface area contributed by atoms with Gasteiger partial charge in [-0.2, -0.15) is 0 Å². The summed E-state index contributed by atoms with van der Waals surface area (Å²) in [7, 11) is 0. The van der Waals surface area contributed by atoms with Crippen LogP contribution in [0, 0.1) is 0 Å². The monoisotopic (exact) mass is 517 g/mol. The lowest BCUT2D eigenvalue weighted by Gasteiger charge is -2.37. The van der Waals surface area contributed by atoms with Crippen LogP contribution in [0.5, 0.6) is 17.2 Å². The molecule has 2 aromatic carbocycles. The highest BCUT2D eigenvalue weighted by atomic mass is 16.7. The number of nitrogens with zero attached hydrogens (tertiary/aromatic N) is 1. The quantitative estimate of drug-likeness (QED) is 0.437. The molecule has 0 unspecified atom stereocenters. The van der Waals surface area contributed by atoms with Gasteiger partial charge >= 0.3 is 0 Å². The minimum Gasteiger partial charge on any atom is -0.487 e. The SMILES string of the molecule is O=C(C[C@@H]1C[C@@H]2c3cc(NC(=O)c4ccc5c(c4)OCO5)ccc3O[C@@H]2[C@H](CO)O1)NCc1cccnc1. The Labute approximate surface area is 218 Å². The van der Waals surface area contributed by atoms with Crippen molar-refractivity contribution in [2.45, 2.75) is 43.6 Å². The Morgan fingerprint density at radius 2 is 1.92 bits per heavy atom. The highest BCUT2D eigenvalue weighted by Crippen LogP contribution is 2.47. The lowest BCUT2D eigenvalue weighted by atomic mass is 9.84. The van der Waals surface area contributed by atoms with E-state index in [1.54, 1.807) is 36.7 Å².